The minimum absolute atomic E-state index is 0.0234. The van der Waals surface area contributed by atoms with E-state index in [-0.39, 0.29) is 23.8 Å². The summed E-state index contributed by atoms with van der Waals surface area (Å²) < 4.78 is 1.60. The standard InChI is InChI=1S/C15H14N2O5/c18-11-4-2-1-3-9(11)13-16-12(15(21)22)10-6-5-8(14(19)20)7-17(10)13/h1-4,8,18H,5-7H2,(H,19,20)(H,21,22). The number of benzene rings is 1. The Bertz CT molecular complexity index is 765. The zero-order valence-corrected chi connectivity index (χ0v) is 11.6. The quantitative estimate of drug-likeness (QED) is 0.793. The molecule has 0 bridgehead atoms. The third-order valence-corrected chi connectivity index (χ3v) is 3.90. The first-order chi connectivity index (χ1) is 10.5. The number of carboxylic acid groups (broad SMARTS) is 2. The molecule has 114 valence electrons. The first-order valence-electron chi connectivity index (χ1n) is 6.83. The van der Waals surface area contributed by atoms with Gasteiger partial charge in [-0.15, -0.1) is 0 Å². The van der Waals surface area contributed by atoms with Crippen LogP contribution in [0.2, 0.25) is 0 Å². The number of phenols is 1. The Hall–Kier alpha value is -2.83. The van der Waals surface area contributed by atoms with Gasteiger partial charge in [-0.3, -0.25) is 4.79 Å². The molecule has 3 N–H and O–H groups in total. The molecule has 0 aliphatic carbocycles. The van der Waals surface area contributed by atoms with Crippen molar-refractivity contribution in [2.24, 2.45) is 5.92 Å². The van der Waals surface area contributed by atoms with E-state index in [1.165, 1.54) is 6.07 Å². The van der Waals surface area contributed by atoms with Gasteiger partial charge in [0.1, 0.15) is 11.6 Å². The van der Waals surface area contributed by atoms with Crippen molar-refractivity contribution >= 4 is 11.9 Å². The molecule has 22 heavy (non-hydrogen) atoms. The highest BCUT2D eigenvalue weighted by Crippen LogP contribution is 2.33. The van der Waals surface area contributed by atoms with Crippen molar-refractivity contribution in [1.29, 1.82) is 0 Å². The Labute approximate surface area is 125 Å². The molecule has 3 rings (SSSR count). The summed E-state index contributed by atoms with van der Waals surface area (Å²) in [6.07, 6.45) is 0.709. The van der Waals surface area contributed by atoms with Gasteiger partial charge in [0.2, 0.25) is 0 Å². The van der Waals surface area contributed by atoms with Crippen LogP contribution >= 0.6 is 0 Å². The minimum atomic E-state index is -1.15. The van der Waals surface area contributed by atoms with Gasteiger partial charge in [0, 0.05) is 6.54 Å². The van der Waals surface area contributed by atoms with Gasteiger partial charge in [-0.1, -0.05) is 12.1 Å². The number of aromatic nitrogens is 2. The van der Waals surface area contributed by atoms with Crippen LogP contribution in [0.25, 0.3) is 11.4 Å². The maximum atomic E-state index is 11.4. The van der Waals surface area contributed by atoms with Gasteiger partial charge in [0.15, 0.2) is 5.69 Å². The van der Waals surface area contributed by atoms with Crippen LogP contribution in [-0.4, -0.2) is 36.8 Å². The van der Waals surface area contributed by atoms with Crippen LogP contribution in [0.1, 0.15) is 22.6 Å². The third kappa shape index (κ3) is 2.20. The molecule has 1 aliphatic rings. The number of aliphatic carboxylic acids is 1. The van der Waals surface area contributed by atoms with Gasteiger partial charge in [-0.05, 0) is 25.0 Å². The van der Waals surface area contributed by atoms with E-state index in [1.807, 2.05) is 0 Å². The zero-order chi connectivity index (χ0) is 15.9. The lowest BCUT2D eigenvalue weighted by molar-refractivity contribution is -0.142. The van der Waals surface area contributed by atoms with E-state index in [4.69, 9.17) is 0 Å². The number of fused-ring (bicyclic) bond motifs is 1. The monoisotopic (exact) mass is 302 g/mol. The summed E-state index contributed by atoms with van der Waals surface area (Å²) in [6, 6.07) is 6.46. The van der Waals surface area contributed by atoms with E-state index < -0.39 is 17.9 Å². The largest absolute Gasteiger partial charge is 0.507 e. The summed E-state index contributed by atoms with van der Waals surface area (Å²) in [6.45, 7) is 0.147. The van der Waals surface area contributed by atoms with Gasteiger partial charge >= 0.3 is 11.9 Å². The number of aromatic carboxylic acids is 1. The summed E-state index contributed by atoms with van der Waals surface area (Å²) in [5, 5.41) is 28.5. The molecule has 0 radical (unpaired) electrons. The Balaban J connectivity index is 2.17. The highest BCUT2D eigenvalue weighted by atomic mass is 16.4. The second-order valence-corrected chi connectivity index (χ2v) is 5.24. The number of aromatic hydroxyl groups is 1. The molecule has 2 aromatic rings. The van der Waals surface area contributed by atoms with Crippen molar-refractivity contribution in [1.82, 2.24) is 9.55 Å². The summed E-state index contributed by atoms with van der Waals surface area (Å²) in [4.78, 5) is 26.7. The van der Waals surface area contributed by atoms with Gasteiger partial charge in [0.25, 0.3) is 0 Å². The van der Waals surface area contributed by atoms with E-state index >= 15 is 0 Å². The number of para-hydroxylation sites is 1. The zero-order valence-electron chi connectivity index (χ0n) is 11.6. The molecule has 2 heterocycles. The lowest BCUT2D eigenvalue weighted by Crippen LogP contribution is -2.27. The molecule has 7 heteroatoms. The van der Waals surface area contributed by atoms with Gasteiger partial charge in [-0.25, -0.2) is 9.78 Å². The van der Waals surface area contributed by atoms with Crippen LogP contribution in [0, 0.1) is 5.92 Å². The molecular weight excluding hydrogens is 288 g/mol. The molecule has 7 nitrogen and oxygen atoms in total. The SMILES string of the molecule is O=C(O)c1nc(-c2ccccc2O)n2c1CCC(C(=O)O)C2. The fourth-order valence-corrected chi connectivity index (χ4v) is 2.80. The minimum Gasteiger partial charge on any atom is -0.507 e. The number of phenolic OH excluding ortho intramolecular Hbond substituents is 1. The molecule has 1 atom stereocenters. The normalized spacial score (nSPS) is 17.0. The topological polar surface area (TPSA) is 113 Å². The van der Waals surface area contributed by atoms with E-state index in [2.05, 4.69) is 4.98 Å². The lowest BCUT2D eigenvalue weighted by atomic mass is 9.97. The summed E-state index contributed by atoms with van der Waals surface area (Å²) >= 11 is 0. The van der Waals surface area contributed by atoms with Crippen LogP contribution in [-0.2, 0) is 17.8 Å². The molecule has 1 aromatic carbocycles. The number of imidazole rings is 1. The van der Waals surface area contributed by atoms with E-state index in [9.17, 15) is 24.9 Å². The molecule has 0 fully saturated rings. The summed E-state index contributed by atoms with van der Waals surface area (Å²) in [5.41, 5.74) is 0.813. The summed E-state index contributed by atoms with van der Waals surface area (Å²) in [7, 11) is 0. The first kappa shape index (κ1) is 14.1. The van der Waals surface area contributed by atoms with Gasteiger partial charge in [-0.2, -0.15) is 0 Å². The average molecular weight is 302 g/mol. The molecule has 0 saturated carbocycles. The Kier molecular flexibility index (Phi) is 3.32. The van der Waals surface area contributed by atoms with Crippen LogP contribution < -0.4 is 0 Å². The van der Waals surface area contributed by atoms with Gasteiger partial charge in [0.05, 0.1) is 17.2 Å². The maximum Gasteiger partial charge on any atom is 0.356 e. The van der Waals surface area contributed by atoms with Crippen LogP contribution in [0.4, 0.5) is 0 Å². The fourth-order valence-electron chi connectivity index (χ4n) is 2.80. The smallest absolute Gasteiger partial charge is 0.356 e. The number of hydrogen-bond acceptors (Lipinski definition) is 4. The lowest BCUT2D eigenvalue weighted by Gasteiger charge is -2.23. The number of nitrogens with zero attached hydrogens (tertiary/aromatic N) is 2. The van der Waals surface area contributed by atoms with E-state index in [1.54, 1.807) is 22.8 Å². The number of hydrogen-bond donors (Lipinski definition) is 3. The Morgan fingerprint density at radius 3 is 2.59 bits per heavy atom. The first-order valence-corrected chi connectivity index (χ1v) is 6.83. The number of carbonyl (C=O) groups is 2. The molecule has 0 spiro atoms. The van der Waals surface area contributed by atoms with Crippen LogP contribution in [0.3, 0.4) is 0 Å². The Morgan fingerprint density at radius 2 is 1.95 bits per heavy atom. The molecule has 1 aromatic heterocycles. The van der Waals surface area contributed by atoms with Crippen molar-refractivity contribution < 1.29 is 24.9 Å². The molecule has 1 unspecified atom stereocenters. The van der Waals surface area contributed by atoms with Crippen molar-refractivity contribution in [3.8, 4) is 17.1 Å². The second-order valence-electron chi connectivity index (χ2n) is 5.24. The molecule has 0 amide bonds. The number of rotatable bonds is 3. The van der Waals surface area contributed by atoms with Crippen molar-refractivity contribution in [2.75, 3.05) is 0 Å². The summed E-state index contributed by atoms with van der Waals surface area (Å²) in [5.74, 6) is -2.40. The van der Waals surface area contributed by atoms with E-state index in [0.29, 0.717) is 24.1 Å². The third-order valence-electron chi connectivity index (χ3n) is 3.90. The van der Waals surface area contributed by atoms with Crippen LogP contribution in [0.5, 0.6) is 5.75 Å². The van der Waals surface area contributed by atoms with Crippen molar-refractivity contribution in [3.05, 3.63) is 35.7 Å². The van der Waals surface area contributed by atoms with E-state index in [0.717, 1.165) is 0 Å². The van der Waals surface area contributed by atoms with Crippen LogP contribution in [0.15, 0.2) is 24.3 Å². The average Bonchev–Trinajstić information content (AvgIpc) is 2.86. The second kappa shape index (κ2) is 5.18. The molecule has 0 saturated heterocycles. The molecular formula is C15H14N2O5. The molecule has 1 aliphatic heterocycles. The maximum absolute atomic E-state index is 11.4. The highest BCUT2D eigenvalue weighted by Gasteiger charge is 2.31. The Morgan fingerprint density at radius 1 is 1.23 bits per heavy atom. The van der Waals surface area contributed by atoms with Crippen molar-refractivity contribution in [3.63, 3.8) is 0 Å². The highest BCUT2D eigenvalue weighted by molar-refractivity contribution is 5.88. The van der Waals surface area contributed by atoms with Crippen molar-refractivity contribution in [2.45, 2.75) is 19.4 Å². The van der Waals surface area contributed by atoms with Gasteiger partial charge < -0.3 is 19.9 Å². The fraction of sp³-hybridized carbons (Fsp3) is 0.267. The predicted molar refractivity (Wildman–Crippen MR) is 75.7 cm³/mol. The number of carboxylic acids is 2. The predicted octanol–water partition coefficient (Wildman–Crippen LogP) is 1.60.